The highest BCUT2D eigenvalue weighted by molar-refractivity contribution is 7.80. The van der Waals surface area contributed by atoms with Gasteiger partial charge in [0.05, 0.1) is 5.02 Å². The molecule has 2 N–H and O–H groups in total. The number of thiocarbonyl (C=S) groups is 1. The van der Waals surface area contributed by atoms with Gasteiger partial charge in [0, 0.05) is 10.6 Å². The van der Waals surface area contributed by atoms with Crippen LogP contribution in [0.4, 0.5) is 0 Å². The molecule has 1 amide bonds. The molecule has 0 saturated heterocycles. The Labute approximate surface area is 175 Å². The molecule has 0 radical (unpaired) electrons. The number of hydrogen-bond acceptors (Lipinski definition) is 3. The molecule has 146 valence electrons. The Morgan fingerprint density at radius 1 is 1.19 bits per heavy atom. The molecule has 1 aromatic carbocycles. The SMILES string of the molecule is CC(Oc1ccc(Cl)cc1Cl)C(=O)NC(=S)NC12CC3CC(CC(C3)C1)C2. The Morgan fingerprint density at radius 3 is 2.33 bits per heavy atom. The van der Waals surface area contributed by atoms with E-state index in [1.807, 2.05) is 0 Å². The third-order valence-corrected chi connectivity index (χ3v) is 6.96. The van der Waals surface area contributed by atoms with Gasteiger partial charge in [-0.05, 0) is 93.6 Å². The van der Waals surface area contributed by atoms with Crippen LogP contribution in [0, 0.1) is 17.8 Å². The van der Waals surface area contributed by atoms with Crippen LogP contribution in [0.2, 0.25) is 10.0 Å². The molecule has 0 spiro atoms. The minimum Gasteiger partial charge on any atom is -0.479 e. The summed E-state index contributed by atoms with van der Waals surface area (Å²) in [6, 6.07) is 4.91. The van der Waals surface area contributed by atoms with E-state index in [9.17, 15) is 4.79 Å². The Morgan fingerprint density at radius 2 is 1.78 bits per heavy atom. The van der Waals surface area contributed by atoms with Gasteiger partial charge < -0.3 is 10.1 Å². The molecule has 4 aliphatic rings. The fourth-order valence-corrected chi connectivity index (χ4v) is 6.33. The van der Waals surface area contributed by atoms with Gasteiger partial charge in [-0.25, -0.2) is 0 Å². The third-order valence-electron chi connectivity index (χ3n) is 6.22. The number of carbonyl (C=O) groups excluding carboxylic acids is 1. The number of carbonyl (C=O) groups is 1. The average Bonchev–Trinajstić information content (AvgIpc) is 2.55. The number of rotatable bonds is 4. The van der Waals surface area contributed by atoms with E-state index in [4.69, 9.17) is 40.2 Å². The van der Waals surface area contributed by atoms with E-state index in [0.29, 0.717) is 20.9 Å². The topological polar surface area (TPSA) is 50.4 Å². The van der Waals surface area contributed by atoms with Gasteiger partial charge >= 0.3 is 0 Å². The zero-order chi connectivity index (χ0) is 19.2. The first kappa shape index (κ1) is 19.3. The summed E-state index contributed by atoms with van der Waals surface area (Å²) in [6.07, 6.45) is 6.89. The summed E-state index contributed by atoms with van der Waals surface area (Å²) in [5.74, 6) is 2.58. The molecule has 5 rings (SSSR count). The van der Waals surface area contributed by atoms with Crippen molar-refractivity contribution < 1.29 is 9.53 Å². The van der Waals surface area contributed by atoms with Gasteiger partial charge in [0.15, 0.2) is 11.2 Å². The number of ether oxygens (including phenoxy) is 1. The lowest BCUT2D eigenvalue weighted by molar-refractivity contribution is -0.125. The van der Waals surface area contributed by atoms with Crippen molar-refractivity contribution in [3.63, 3.8) is 0 Å². The summed E-state index contributed by atoms with van der Waals surface area (Å²) in [6.45, 7) is 1.67. The van der Waals surface area contributed by atoms with Crippen LogP contribution in [-0.2, 0) is 4.79 Å². The van der Waals surface area contributed by atoms with Crippen LogP contribution in [0.15, 0.2) is 18.2 Å². The number of nitrogens with one attached hydrogen (secondary N) is 2. The maximum absolute atomic E-state index is 12.5. The highest BCUT2D eigenvalue weighted by Crippen LogP contribution is 2.55. The first-order valence-corrected chi connectivity index (χ1v) is 10.7. The third kappa shape index (κ3) is 4.20. The summed E-state index contributed by atoms with van der Waals surface area (Å²) in [5.41, 5.74) is 0.0721. The second-order valence-electron chi connectivity index (χ2n) is 8.48. The molecule has 4 nitrogen and oxygen atoms in total. The van der Waals surface area contributed by atoms with Crippen LogP contribution >= 0.6 is 35.4 Å². The van der Waals surface area contributed by atoms with Crippen molar-refractivity contribution in [3.8, 4) is 5.75 Å². The zero-order valence-electron chi connectivity index (χ0n) is 15.3. The van der Waals surface area contributed by atoms with Gasteiger partial charge in [0.25, 0.3) is 5.91 Å². The largest absolute Gasteiger partial charge is 0.479 e. The predicted octanol–water partition coefficient (Wildman–Crippen LogP) is 4.72. The molecule has 0 aliphatic heterocycles. The first-order chi connectivity index (χ1) is 12.8. The quantitative estimate of drug-likeness (QED) is 0.683. The summed E-state index contributed by atoms with van der Waals surface area (Å²) in [5, 5.41) is 7.58. The van der Waals surface area contributed by atoms with Crippen LogP contribution in [0.25, 0.3) is 0 Å². The molecule has 4 fully saturated rings. The fraction of sp³-hybridized carbons (Fsp3) is 0.600. The van der Waals surface area contributed by atoms with Crippen LogP contribution in [-0.4, -0.2) is 22.7 Å². The molecule has 27 heavy (non-hydrogen) atoms. The summed E-state index contributed by atoms with van der Waals surface area (Å²) >= 11 is 17.4. The minimum atomic E-state index is -0.722. The van der Waals surface area contributed by atoms with E-state index in [1.54, 1.807) is 25.1 Å². The van der Waals surface area contributed by atoms with Crippen molar-refractivity contribution in [3.05, 3.63) is 28.2 Å². The monoisotopic (exact) mass is 426 g/mol. The van der Waals surface area contributed by atoms with Gasteiger partial charge in [-0.15, -0.1) is 0 Å². The second-order valence-corrected chi connectivity index (χ2v) is 9.73. The van der Waals surface area contributed by atoms with Crippen LogP contribution < -0.4 is 15.4 Å². The molecule has 4 bridgehead atoms. The van der Waals surface area contributed by atoms with E-state index in [2.05, 4.69) is 10.6 Å². The van der Waals surface area contributed by atoms with Gasteiger partial charge in [-0.3, -0.25) is 10.1 Å². The summed E-state index contributed by atoms with van der Waals surface area (Å²) < 4.78 is 5.67. The van der Waals surface area contributed by atoms with Crippen molar-refractivity contribution in [1.82, 2.24) is 10.6 Å². The highest BCUT2D eigenvalue weighted by Gasteiger charge is 2.51. The molecule has 1 aromatic rings. The molecule has 0 heterocycles. The minimum absolute atomic E-state index is 0.0721. The van der Waals surface area contributed by atoms with Crippen molar-refractivity contribution >= 4 is 46.4 Å². The van der Waals surface area contributed by atoms with Gasteiger partial charge in [-0.1, -0.05) is 23.2 Å². The average molecular weight is 427 g/mol. The molecule has 7 heteroatoms. The van der Waals surface area contributed by atoms with Crippen molar-refractivity contribution in [2.75, 3.05) is 0 Å². The number of benzene rings is 1. The number of halogens is 2. The lowest BCUT2D eigenvalue weighted by Crippen LogP contribution is -2.62. The first-order valence-electron chi connectivity index (χ1n) is 9.56. The molecule has 4 aliphatic carbocycles. The standard InChI is InChI=1S/C20H24Cl2N2O2S/c1-11(26-17-3-2-15(21)7-16(17)22)18(25)23-19(27)24-20-8-12-4-13(9-20)6-14(5-12)10-20/h2-3,7,11-14H,4-6,8-10H2,1H3,(H2,23,24,25,27). The fourth-order valence-electron chi connectivity index (χ4n) is 5.56. The van der Waals surface area contributed by atoms with Crippen molar-refractivity contribution in [2.45, 2.75) is 57.1 Å². The van der Waals surface area contributed by atoms with E-state index in [0.717, 1.165) is 17.8 Å². The molecule has 4 saturated carbocycles. The number of amides is 1. The normalized spacial score (nSPS) is 32.0. The Bertz CT molecular complexity index is 735. The zero-order valence-corrected chi connectivity index (χ0v) is 17.6. The lowest BCUT2D eigenvalue weighted by atomic mass is 9.53. The molecule has 0 aromatic heterocycles. The van der Waals surface area contributed by atoms with Crippen LogP contribution in [0.3, 0.4) is 0 Å². The van der Waals surface area contributed by atoms with Crippen LogP contribution in [0.1, 0.15) is 45.4 Å². The van der Waals surface area contributed by atoms with E-state index >= 15 is 0 Å². The molecule has 1 unspecified atom stereocenters. The highest BCUT2D eigenvalue weighted by atomic mass is 35.5. The van der Waals surface area contributed by atoms with E-state index in [-0.39, 0.29) is 11.4 Å². The Hall–Kier alpha value is -1.04. The molecular formula is C20H24Cl2N2O2S. The van der Waals surface area contributed by atoms with E-state index < -0.39 is 6.10 Å². The van der Waals surface area contributed by atoms with Gasteiger partial charge in [-0.2, -0.15) is 0 Å². The Balaban J connectivity index is 1.33. The maximum Gasteiger partial charge on any atom is 0.266 e. The lowest BCUT2D eigenvalue weighted by Gasteiger charge is -2.57. The summed E-state index contributed by atoms with van der Waals surface area (Å²) in [4.78, 5) is 12.5. The van der Waals surface area contributed by atoms with Gasteiger partial charge in [0.2, 0.25) is 0 Å². The smallest absolute Gasteiger partial charge is 0.266 e. The second kappa shape index (κ2) is 7.41. The summed E-state index contributed by atoms with van der Waals surface area (Å²) in [7, 11) is 0. The maximum atomic E-state index is 12.5. The number of hydrogen-bond donors (Lipinski definition) is 2. The van der Waals surface area contributed by atoms with Crippen molar-refractivity contribution in [1.29, 1.82) is 0 Å². The molecule has 1 atom stereocenters. The van der Waals surface area contributed by atoms with Crippen molar-refractivity contribution in [2.24, 2.45) is 17.8 Å². The van der Waals surface area contributed by atoms with Crippen LogP contribution in [0.5, 0.6) is 5.75 Å². The van der Waals surface area contributed by atoms with Gasteiger partial charge in [0.1, 0.15) is 5.75 Å². The predicted molar refractivity (Wildman–Crippen MR) is 111 cm³/mol. The molecular weight excluding hydrogens is 403 g/mol. The Kier molecular flexibility index (Phi) is 5.30. The van der Waals surface area contributed by atoms with E-state index in [1.165, 1.54) is 38.5 Å².